The quantitative estimate of drug-likeness (QED) is 0.866. The molecular formula is C19H21F2NO3S. The maximum absolute atomic E-state index is 14.0. The molecule has 0 unspecified atom stereocenters. The highest BCUT2D eigenvalue weighted by atomic mass is 32.2. The van der Waals surface area contributed by atoms with E-state index < -0.39 is 32.0 Å². The number of sulfonamides is 1. The molecule has 1 heterocycles. The number of aliphatic hydroxyl groups excluding tert-OH is 1. The molecule has 2 aromatic rings. The zero-order chi connectivity index (χ0) is 18.8. The normalized spacial score (nSPS) is 21.7. The van der Waals surface area contributed by atoms with Crippen LogP contribution in [0.1, 0.15) is 18.4 Å². The van der Waals surface area contributed by atoms with E-state index in [2.05, 4.69) is 0 Å². The van der Waals surface area contributed by atoms with Crippen LogP contribution in [0.25, 0.3) is 0 Å². The zero-order valence-electron chi connectivity index (χ0n) is 14.2. The van der Waals surface area contributed by atoms with E-state index in [0.29, 0.717) is 25.3 Å². The standard InChI is InChI=1S/C19H21F2NO3S/c20-16-7-8-18(17(21)11-16)26(24,25)22-10-4-9-19(13-22,14-23)12-15-5-2-1-3-6-15/h1-3,5-8,11,23H,4,9-10,12-14H2/t19-/m0/s1. The number of hydrogen-bond acceptors (Lipinski definition) is 3. The average molecular weight is 381 g/mol. The van der Waals surface area contributed by atoms with Crippen LogP contribution in [0.3, 0.4) is 0 Å². The van der Waals surface area contributed by atoms with Gasteiger partial charge in [0.05, 0.1) is 6.61 Å². The van der Waals surface area contributed by atoms with Crippen LogP contribution in [0, 0.1) is 17.0 Å². The highest BCUT2D eigenvalue weighted by Crippen LogP contribution is 2.36. The Labute approximate surface area is 152 Å². The van der Waals surface area contributed by atoms with Gasteiger partial charge in [0.2, 0.25) is 10.0 Å². The van der Waals surface area contributed by atoms with Crippen LogP contribution >= 0.6 is 0 Å². The maximum atomic E-state index is 14.0. The Hall–Kier alpha value is -1.83. The van der Waals surface area contributed by atoms with Gasteiger partial charge in [-0.05, 0) is 37.0 Å². The van der Waals surface area contributed by atoms with Gasteiger partial charge in [0, 0.05) is 24.6 Å². The van der Waals surface area contributed by atoms with E-state index in [1.54, 1.807) is 0 Å². The predicted octanol–water partition coefficient (Wildman–Crippen LogP) is 2.97. The summed E-state index contributed by atoms with van der Waals surface area (Å²) in [6.45, 7) is 0.174. The molecule has 140 valence electrons. The molecule has 0 radical (unpaired) electrons. The SMILES string of the molecule is O=S(=O)(c1ccc(F)cc1F)N1CCC[C@](CO)(Cc2ccccc2)C1. The molecule has 7 heteroatoms. The van der Waals surface area contributed by atoms with Crippen LogP contribution in [0.15, 0.2) is 53.4 Å². The lowest BCUT2D eigenvalue weighted by atomic mass is 9.76. The molecule has 1 aliphatic heterocycles. The molecule has 0 aliphatic carbocycles. The van der Waals surface area contributed by atoms with Gasteiger partial charge in [-0.2, -0.15) is 4.31 Å². The van der Waals surface area contributed by atoms with Gasteiger partial charge in [-0.25, -0.2) is 17.2 Å². The highest BCUT2D eigenvalue weighted by Gasteiger charge is 2.40. The molecular weight excluding hydrogens is 360 g/mol. The van der Waals surface area contributed by atoms with Crippen molar-refractivity contribution in [2.24, 2.45) is 5.41 Å². The first kappa shape index (κ1) is 18.9. The van der Waals surface area contributed by atoms with Crippen LogP contribution in [-0.4, -0.2) is 37.5 Å². The summed E-state index contributed by atoms with van der Waals surface area (Å²) in [6, 6.07) is 12.0. The molecule has 1 N–H and O–H groups in total. The van der Waals surface area contributed by atoms with Crippen LogP contribution in [0.4, 0.5) is 8.78 Å². The van der Waals surface area contributed by atoms with Crippen LogP contribution < -0.4 is 0 Å². The molecule has 0 saturated carbocycles. The maximum Gasteiger partial charge on any atom is 0.246 e. The van der Waals surface area contributed by atoms with Gasteiger partial charge in [0.15, 0.2) is 0 Å². The fourth-order valence-corrected chi connectivity index (χ4v) is 5.19. The van der Waals surface area contributed by atoms with E-state index in [1.165, 1.54) is 4.31 Å². The second-order valence-electron chi connectivity index (χ2n) is 6.84. The number of rotatable bonds is 5. The first-order valence-electron chi connectivity index (χ1n) is 8.46. The smallest absolute Gasteiger partial charge is 0.246 e. The average Bonchev–Trinajstić information content (AvgIpc) is 2.62. The first-order chi connectivity index (χ1) is 12.4. The summed E-state index contributed by atoms with van der Waals surface area (Å²) in [5.41, 5.74) is 0.386. The molecule has 0 spiro atoms. The van der Waals surface area contributed by atoms with Crippen molar-refractivity contribution in [1.82, 2.24) is 4.31 Å². The third-order valence-corrected chi connectivity index (χ3v) is 6.77. The second-order valence-corrected chi connectivity index (χ2v) is 8.74. The van der Waals surface area contributed by atoms with E-state index >= 15 is 0 Å². The van der Waals surface area contributed by atoms with Gasteiger partial charge in [0.25, 0.3) is 0 Å². The van der Waals surface area contributed by atoms with Crippen molar-refractivity contribution in [2.75, 3.05) is 19.7 Å². The number of piperidine rings is 1. The van der Waals surface area contributed by atoms with Gasteiger partial charge in [0.1, 0.15) is 16.5 Å². The first-order valence-corrected chi connectivity index (χ1v) is 9.90. The van der Waals surface area contributed by atoms with Crippen molar-refractivity contribution in [1.29, 1.82) is 0 Å². The Bertz CT molecular complexity index is 874. The molecule has 26 heavy (non-hydrogen) atoms. The van der Waals surface area contributed by atoms with E-state index in [9.17, 15) is 22.3 Å². The minimum atomic E-state index is -4.10. The van der Waals surface area contributed by atoms with Crippen molar-refractivity contribution >= 4 is 10.0 Å². The van der Waals surface area contributed by atoms with Crippen LogP contribution in [0.5, 0.6) is 0 Å². The minimum Gasteiger partial charge on any atom is -0.396 e. The van der Waals surface area contributed by atoms with Gasteiger partial charge in [-0.15, -0.1) is 0 Å². The monoisotopic (exact) mass is 381 g/mol. The molecule has 4 nitrogen and oxygen atoms in total. The van der Waals surface area contributed by atoms with Gasteiger partial charge in [-0.1, -0.05) is 30.3 Å². The molecule has 1 fully saturated rings. The lowest BCUT2D eigenvalue weighted by molar-refractivity contribution is 0.0644. The Morgan fingerprint density at radius 3 is 2.50 bits per heavy atom. The summed E-state index contributed by atoms with van der Waals surface area (Å²) in [5.74, 6) is -1.93. The number of aliphatic hydroxyl groups is 1. The van der Waals surface area contributed by atoms with Crippen molar-refractivity contribution in [2.45, 2.75) is 24.2 Å². The lowest BCUT2D eigenvalue weighted by Crippen LogP contribution is -2.49. The van der Waals surface area contributed by atoms with Crippen LogP contribution in [-0.2, 0) is 16.4 Å². The predicted molar refractivity (Wildman–Crippen MR) is 94.0 cm³/mol. The molecule has 1 atom stereocenters. The van der Waals surface area contributed by atoms with Gasteiger partial charge in [-0.3, -0.25) is 0 Å². The molecule has 0 aromatic heterocycles. The zero-order valence-corrected chi connectivity index (χ0v) is 15.1. The third-order valence-electron chi connectivity index (χ3n) is 4.90. The largest absolute Gasteiger partial charge is 0.396 e. The molecule has 0 bridgehead atoms. The fourth-order valence-electron chi connectivity index (χ4n) is 3.55. The Morgan fingerprint density at radius 1 is 1.12 bits per heavy atom. The molecule has 2 aromatic carbocycles. The number of hydrogen-bond donors (Lipinski definition) is 1. The molecule has 1 saturated heterocycles. The van der Waals surface area contributed by atoms with Crippen molar-refractivity contribution in [3.05, 3.63) is 65.7 Å². The van der Waals surface area contributed by atoms with E-state index in [-0.39, 0.29) is 19.7 Å². The second kappa shape index (κ2) is 7.42. The van der Waals surface area contributed by atoms with E-state index in [1.807, 2.05) is 30.3 Å². The Balaban J connectivity index is 1.88. The molecule has 0 amide bonds. The van der Waals surface area contributed by atoms with E-state index in [4.69, 9.17) is 0 Å². The summed E-state index contributed by atoms with van der Waals surface area (Å²) in [6.07, 6.45) is 1.77. The third kappa shape index (κ3) is 3.79. The number of halogens is 2. The van der Waals surface area contributed by atoms with Gasteiger partial charge >= 0.3 is 0 Å². The highest BCUT2D eigenvalue weighted by molar-refractivity contribution is 7.89. The minimum absolute atomic E-state index is 0.0948. The Kier molecular flexibility index (Phi) is 5.41. The topological polar surface area (TPSA) is 57.6 Å². The van der Waals surface area contributed by atoms with Crippen LogP contribution in [0.2, 0.25) is 0 Å². The summed E-state index contributed by atoms with van der Waals surface area (Å²) in [7, 11) is -4.10. The fraction of sp³-hybridized carbons (Fsp3) is 0.368. The summed E-state index contributed by atoms with van der Waals surface area (Å²) in [5, 5.41) is 10.0. The van der Waals surface area contributed by atoms with Crippen molar-refractivity contribution in [3.63, 3.8) is 0 Å². The Morgan fingerprint density at radius 2 is 1.85 bits per heavy atom. The number of nitrogens with zero attached hydrogens (tertiary/aromatic N) is 1. The van der Waals surface area contributed by atoms with Crippen molar-refractivity contribution in [3.8, 4) is 0 Å². The summed E-state index contributed by atoms with van der Waals surface area (Å²) >= 11 is 0. The number of benzene rings is 2. The van der Waals surface area contributed by atoms with E-state index in [0.717, 1.165) is 17.7 Å². The van der Waals surface area contributed by atoms with Gasteiger partial charge < -0.3 is 5.11 Å². The molecule has 3 rings (SSSR count). The lowest BCUT2D eigenvalue weighted by Gasteiger charge is -2.41. The van der Waals surface area contributed by atoms with Crippen molar-refractivity contribution < 1.29 is 22.3 Å². The summed E-state index contributed by atoms with van der Waals surface area (Å²) in [4.78, 5) is -0.535. The summed E-state index contributed by atoms with van der Waals surface area (Å²) < 4.78 is 54.1. The molecule has 1 aliphatic rings.